The number of benzene rings is 1. The van der Waals surface area contributed by atoms with Crippen LogP contribution in [0.1, 0.15) is 33.3 Å². The minimum Gasteiger partial charge on any atom is -0.395 e. The van der Waals surface area contributed by atoms with E-state index < -0.39 is 0 Å². The molecule has 0 heterocycles. The van der Waals surface area contributed by atoms with Crippen LogP contribution in [0.5, 0.6) is 0 Å². The molecule has 0 spiro atoms. The molecule has 1 aromatic rings. The first-order valence-electron chi connectivity index (χ1n) is 6.85. The Kier molecular flexibility index (Phi) is 6.83. The Morgan fingerprint density at radius 1 is 1.26 bits per heavy atom. The number of rotatable bonds is 7. The Hall–Kier alpha value is -0.580. The van der Waals surface area contributed by atoms with E-state index in [1.807, 2.05) is 0 Å². The van der Waals surface area contributed by atoms with Gasteiger partial charge in [0, 0.05) is 35.3 Å². The summed E-state index contributed by atoms with van der Waals surface area (Å²) in [4.78, 5) is 2.24. The number of anilines is 1. The van der Waals surface area contributed by atoms with Crippen molar-refractivity contribution in [3.05, 3.63) is 28.2 Å². The highest BCUT2D eigenvalue weighted by atomic mass is 79.9. The van der Waals surface area contributed by atoms with Gasteiger partial charge in [0.2, 0.25) is 0 Å². The van der Waals surface area contributed by atoms with E-state index in [1.165, 1.54) is 11.3 Å². The van der Waals surface area contributed by atoms with Gasteiger partial charge in [0.05, 0.1) is 6.61 Å². The lowest BCUT2D eigenvalue weighted by molar-refractivity contribution is 0.299. The predicted molar refractivity (Wildman–Crippen MR) is 85.7 cm³/mol. The van der Waals surface area contributed by atoms with Crippen molar-refractivity contribution in [3.63, 3.8) is 0 Å². The minimum atomic E-state index is 0.172. The van der Waals surface area contributed by atoms with Crippen LogP contribution in [0.15, 0.2) is 22.7 Å². The Balaban J connectivity index is 3.02. The fraction of sp³-hybridized carbons (Fsp3) is 0.600. The van der Waals surface area contributed by atoms with E-state index in [2.05, 4.69) is 72.0 Å². The van der Waals surface area contributed by atoms with Gasteiger partial charge in [-0.25, -0.2) is 0 Å². The maximum Gasteiger partial charge on any atom is 0.0606 e. The molecular weight excluding hydrogens is 304 g/mol. The van der Waals surface area contributed by atoms with Crippen molar-refractivity contribution < 1.29 is 5.11 Å². The van der Waals surface area contributed by atoms with Gasteiger partial charge < -0.3 is 15.3 Å². The Labute approximate surface area is 125 Å². The molecule has 2 N–H and O–H groups in total. The van der Waals surface area contributed by atoms with E-state index in [4.69, 9.17) is 0 Å². The third kappa shape index (κ3) is 5.13. The summed E-state index contributed by atoms with van der Waals surface area (Å²) in [6.45, 7) is 10.3. The SMILES string of the molecule is CC(C)NCc1cc(Br)ccc1N(CCO)C(C)C. The average molecular weight is 329 g/mol. The number of nitrogens with one attached hydrogen (secondary N) is 1. The molecule has 108 valence electrons. The maximum absolute atomic E-state index is 9.24. The van der Waals surface area contributed by atoms with Crippen LogP contribution in [0.3, 0.4) is 0 Å². The van der Waals surface area contributed by atoms with Crippen molar-refractivity contribution in [3.8, 4) is 0 Å². The maximum atomic E-state index is 9.24. The molecule has 1 aromatic carbocycles. The summed E-state index contributed by atoms with van der Waals surface area (Å²) in [6.07, 6.45) is 0. The fourth-order valence-electron chi connectivity index (χ4n) is 2.05. The van der Waals surface area contributed by atoms with Gasteiger partial charge in [-0.05, 0) is 37.6 Å². The van der Waals surface area contributed by atoms with Crippen molar-refractivity contribution in [2.24, 2.45) is 0 Å². The number of hydrogen-bond donors (Lipinski definition) is 2. The molecule has 0 aromatic heterocycles. The van der Waals surface area contributed by atoms with E-state index in [-0.39, 0.29) is 6.61 Å². The largest absolute Gasteiger partial charge is 0.395 e. The lowest BCUT2D eigenvalue weighted by Crippen LogP contribution is -2.35. The van der Waals surface area contributed by atoms with Gasteiger partial charge in [-0.1, -0.05) is 29.8 Å². The van der Waals surface area contributed by atoms with Crippen molar-refractivity contribution in [2.75, 3.05) is 18.1 Å². The second-order valence-electron chi connectivity index (χ2n) is 5.32. The normalized spacial score (nSPS) is 11.4. The Morgan fingerprint density at radius 3 is 2.47 bits per heavy atom. The molecule has 4 heteroatoms. The van der Waals surface area contributed by atoms with Crippen molar-refractivity contribution in [2.45, 2.75) is 46.3 Å². The summed E-state index contributed by atoms with van der Waals surface area (Å²) in [6, 6.07) is 7.15. The second-order valence-corrected chi connectivity index (χ2v) is 6.24. The number of halogens is 1. The molecule has 19 heavy (non-hydrogen) atoms. The molecule has 0 atom stereocenters. The molecule has 3 nitrogen and oxygen atoms in total. The van der Waals surface area contributed by atoms with Crippen LogP contribution >= 0.6 is 15.9 Å². The highest BCUT2D eigenvalue weighted by Gasteiger charge is 2.14. The predicted octanol–water partition coefficient (Wildman–Crippen LogP) is 3.15. The third-order valence-corrected chi connectivity index (χ3v) is 3.51. The van der Waals surface area contributed by atoms with Gasteiger partial charge in [0.25, 0.3) is 0 Å². The molecule has 0 saturated heterocycles. The van der Waals surface area contributed by atoms with Gasteiger partial charge in [-0.2, -0.15) is 0 Å². The van der Waals surface area contributed by atoms with Gasteiger partial charge in [-0.3, -0.25) is 0 Å². The molecule has 0 fully saturated rings. The summed E-state index contributed by atoms with van der Waals surface area (Å²) in [7, 11) is 0. The summed E-state index contributed by atoms with van der Waals surface area (Å²) in [5.41, 5.74) is 2.45. The van der Waals surface area contributed by atoms with Crippen LogP contribution < -0.4 is 10.2 Å². The lowest BCUT2D eigenvalue weighted by atomic mass is 10.1. The first kappa shape index (κ1) is 16.5. The molecule has 0 amide bonds. The van der Waals surface area contributed by atoms with Crippen LogP contribution in [-0.2, 0) is 6.54 Å². The topological polar surface area (TPSA) is 35.5 Å². The van der Waals surface area contributed by atoms with E-state index in [1.54, 1.807) is 0 Å². The Bertz CT molecular complexity index is 394. The van der Waals surface area contributed by atoms with Crippen molar-refractivity contribution in [1.82, 2.24) is 5.32 Å². The van der Waals surface area contributed by atoms with Gasteiger partial charge >= 0.3 is 0 Å². The van der Waals surface area contributed by atoms with E-state index in [0.717, 1.165) is 11.0 Å². The highest BCUT2D eigenvalue weighted by Crippen LogP contribution is 2.26. The number of nitrogens with zero attached hydrogens (tertiary/aromatic N) is 1. The smallest absolute Gasteiger partial charge is 0.0606 e. The zero-order valence-electron chi connectivity index (χ0n) is 12.3. The van der Waals surface area contributed by atoms with Gasteiger partial charge in [0.15, 0.2) is 0 Å². The van der Waals surface area contributed by atoms with Crippen LogP contribution in [0.2, 0.25) is 0 Å². The second kappa shape index (κ2) is 7.88. The van der Waals surface area contributed by atoms with Crippen LogP contribution in [0, 0.1) is 0 Å². The lowest BCUT2D eigenvalue weighted by Gasteiger charge is -2.30. The number of aliphatic hydroxyl groups excluding tert-OH is 1. The van der Waals surface area contributed by atoms with Crippen molar-refractivity contribution >= 4 is 21.6 Å². The number of aliphatic hydroxyl groups is 1. The quantitative estimate of drug-likeness (QED) is 0.807. The molecule has 0 aliphatic heterocycles. The Morgan fingerprint density at radius 2 is 1.95 bits per heavy atom. The third-order valence-electron chi connectivity index (χ3n) is 3.02. The average Bonchev–Trinajstić information content (AvgIpc) is 2.34. The summed E-state index contributed by atoms with van der Waals surface area (Å²) < 4.78 is 1.09. The van der Waals surface area contributed by atoms with Crippen LogP contribution in [-0.4, -0.2) is 30.3 Å². The van der Waals surface area contributed by atoms with Crippen LogP contribution in [0.25, 0.3) is 0 Å². The molecule has 0 unspecified atom stereocenters. The van der Waals surface area contributed by atoms with E-state index >= 15 is 0 Å². The molecule has 0 aliphatic rings. The molecule has 1 rings (SSSR count). The summed E-state index contributed by atoms with van der Waals surface area (Å²) in [5.74, 6) is 0. The molecule has 0 aliphatic carbocycles. The van der Waals surface area contributed by atoms with Gasteiger partial charge in [-0.15, -0.1) is 0 Å². The summed E-state index contributed by atoms with van der Waals surface area (Å²) in [5, 5.41) is 12.7. The first-order chi connectivity index (χ1) is 8.95. The monoisotopic (exact) mass is 328 g/mol. The fourth-order valence-corrected chi connectivity index (χ4v) is 2.46. The molecule has 0 saturated carbocycles. The zero-order valence-corrected chi connectivity index (χ0v) is 13.9. The standard InChI is InChI=1S/C15H25BrN2O/c1-11(2)17-10-13-9-14(16)5-6-15(13)18(7-8-19)12(3)4/h5-6,9,11-12,17,19H,7-8,10H2,1-4H3. The molecule has 0 bridgehead atoms. The minimum absolute atomic E-state index is 0.172. The number of hydrogen-bond acceptors (Lipinski definition) is 3. The summed E-state index contributed by atoms with van der Waals surface area (Å²) >= 11 is 3.53. The molecular formula is C15H25BrN2O. The van der Waals surface area contributed by atoms with E-state index in [0.29, 0.717) is 18.6 Å². The van der Waals surface area contributed by atoms with E-state index in [9.17, 15) is 5.11 Å². The van der Waals surface area contributed by atoms with Crippen LogP contribution in [0.4, 0.5) is 5.69 Å². The highest BCUT2D eigenvalue weighted by molar-refractivity contribution is 9.10. The van der Waals surface area contributed by atoms with Gasteiger partial charge in [0.1, 0.15) is 0 Å². The van der Waals surface area contributed by atoms with Crippen molar-refractivity contribution in [1.29, 1.82) is 0 Å². The first-order valence-corrected chi connectivity index (χ1v) is 7.64. The molecule has 0 radical (unpaired) electrons. The zero-order chi connectivity index (χ0) is 14.4.